The SMILES string of the molecule is Cc1ccc(C(=O)N/N=C\c2cc(Cl)c(OCc3cccc(F)c3)c(Cl)c2)c(Cl)c1. The fourth-order valence-electron chi connectivity index (χ4n) is 2.60. The maximum absolute atomic E-state index is 13.3. The van der Waals surface area contributed by atoms with E-state index in [0.717, 1.165) is 5.56 Å². The van der Waals surface area contributed by atoms with Crippen molar-refractivity contribution in [3.8, 4) is 5.75 Å². The molecule has 0 fully saturated rings. The highest BCUT2D eigenvalue weighted by atomic mass is 35.5. The predicted octanol–water partition coefficient (Wildman–Crippen LogP) is 6.44. The Labute approximate surface area is 188 Å². The summed E-state index contributed by atoms with van der Waals surface area (Å²) in [6.07, 6.45) is 1.40. The molecule has 0 radical (unpaired) electrons. The average molecular weight is 466 g/mol. The van der Waals surface area contributed by atoms with Gasteiger partial charge in [0.25, 0.3) is 5.91 Å². The Morgan fingerprint density at radius 3 is 2.47 bits per heavy atom. The third-order valence-electron chi connectivity index (χ3n) is 4.04. The Hall–Kier alpha value is -2.60. The molecule has 154 valence electrons. The summed E-state index contributed by atoms with van der Waals surface area (Å²) in [6.45, 7) is 1.99. The smallest absolute Gasteiger partial charge is 0.272 e. The Morgan fingerprint density at radius 2 is 1.80 bits per heavy atom. The molecule has 1 amide bonds. The van der Waals surface area contributed by atoms with E-state index >= 15 is 0 Å². The number of amides is 1. The third kappa shape index (κ3) is 5.72. The number of hydrogen-bond donors (Lipinski definition) is 1. The fraction of sp³-hybridized carbons (Fsp3) is 0.0909. The molecule has 0 saturated heterocycles. The number of halogens is 4. The molecule has 0 aromatic heterocycles. The predicted molar refractivity (Wildman–Crippen MR) is 118 cm³/mol. The van der Waals surface area contributed by atoms with Gasteiger partial charge in [-0.25, -0.2) is 9.82 Å². The summed E-state index contributed by atoms with van der Waals surface area (Å²) in [7, 11) is 0. The standard InChI is InChI=1S/C22H16Cl3FN2O2/c1-13-5-6-17(18(23)7-13)22(29)28-27-11-15-9-19(24)21(20(25)10-15)30-12-14-3-2-4-16(26)8-14/h2-11H,12H2,1H3,(H,28,29)/b27-11-. The van der Waals surface area contributed by atoms with E-state index in [2.05, 4.69) is 10.5 Å². The van der Waals surface area contributed by atoms with Gasteiger partial charge in [-0.3, -0.25) is 4.79 Å². The van der Waals surface area contributed by atoms with Crippen LogP contribution < -0.4 is 10.2 Å². The topological polar surface area (TPSA) is 50.7 Å². The van der Waals surface area contributed by atoms with Gasteiger partial charge in [-0.15, -0.1) is 0 Å². The first kappa shape index (κ1) is 22.1. The summed E-state index contributed by atoms with van der Waals surface area (Å²) in [5.41, 5.74) is 4.87. The van der Waals surface area contributed by atoms with Crippen LogP contribution in [0.5, 0.6) is 5.75 Å². The summed E-state index contributed by atoms with van der Waals surface area (Å²) in [6, 6.07) is 14.3. The second-order valence-electron chi connectivity index (χ2n) is 6.41. The van der Waals surface area contributed by atoms with Crippen molar-refractivity contribution >= 4 is 46.9 Å². The molecule has 3 aromatic carbocycles. The fourth-order valence-corrected chi connectivity index (χ4v) is 3.54. The Bertz CT molecular complexity index is 1100. The van der Waals surface area contributed by atoms with E-state index in [1.165, 1.54) is 18.3 Å². The number of rotatable bonds is 6. The zero-order valence-electron chi connectivity index (χ0n) is 15.8. The van der Waals surface area contributed by atoms with Crippen LogP contribution in [0.25, 0.3) is 0 Å². The van der Waals surface area contributed by atoms with Crippen LogP contribution in [-0.2, 0) is 6.61 Å². The average Bonchev–Trinajstić information content (AvgIpc) is 2.67. The molecule has 0 atom stereocenters. The number of ether oxygens (including phenoxy) is 1. The second kappa shape index (κ2) is 9.94. The monoisotopic (exact) mass is 464 g/mol. The highest BCUT2D eigenvalue weighted by molar-refractivity contribution is 6.37. The lowest BCUT2D eigenvalue weighted by Gasteiger charge is -2.11. The zero-order valence-corrected chi connectivity index (χ0v) is 18.0. The molecule has 0 unspecified atom stereocenters. The first-order valence-electron chi connectivity index (χ1n) is 8.79. The molecule has 3 rings (SSSR count). The van der Waals surface area contributed by atoms with E-state index in [0.29, 0.717) is 21.7 Å². The summed E-state index contributed by atoms with van der Waals surface area (Å²) < 4.78 is 18.9. The molecule has 0 spiro atoms. The summed E-state index contributed by atoms with van der Waals surface area (Å²) in [5.74, 6) is -0.521. The maximum atomic E-state index is 13.3. The second-order valence-corrected chi connectivity index (χ2v) is 7.64. The van der Waals surface area contributed by atoms with E-state index < -0.39 is 5.91 Å². The minimum atomic E-state index is -0.441. The number of carbonyl (C=O) groups is 1. The maximum Gasteiger partial charge on any atom is 0.272 e. The third-order valence-corrected chi connectivity index (χ3v) is 4.92. The van der Waals surface area contributed by atoms with Gasteiger partial charge < -0.3 is 4.74 Å². The number of nitrogens with zero attached hydrogens (tertiary/aromatic N) is 1. The molecule has 8 heteroatoms. The quantitative estimate of drug-likeness (QED) is 0.336. The molecule has 0 saturated carbocycles. The summed E-state index contributed by atoms with van der Waals surface area (Å²) in [4.78, 5) is 12.2. The molecule has 4 nitrogen and oxygen atoms in total. The molecule has 0 aliphatic heterocycles. The first-order valence-corrected chi connectivity index (χ1v) is 9.92. The molecule has 30 heavy (non-hydrogen) atoms. The van der Waals surface area contributed by atoms with E-state index in [1.807, 2.05) is 6.92 Å². The number of hydrazone groups is 1. The van der Waals surface area contributed by atoms with Crippen LogP contribution >= 0.6 is 34.8 Å². The van der Waals surface area contributed by atoms with Crippen LogP contribution in [0.15, 0.2) is 59.7 Å². The van der Waals surface area contributed by atoms with Crippen LogP contribution in [0.1, 0.15) is 27.0 Å². The van der Waals surface area contributed by atoms with Gasteiger partial charge in [0.15, 0.2) is 5.75 Å². The van der Waals surface area contributed by atoms with Gasteiger partial charge in [0.1, 0.15) is 12.4 Å². The molecule has 0 heterocycles. The number of benzene rings is 3. The number of aryl methyl sites for hydroxylation is 1. The van der Waals surface area contributed by atoms with Gasteiger partial charge in [0, 0.05) is 0 Å². The van der Waals surface area contributed by atoms with Crippen molar-refractivity contribution in [1.82, 2.24) is 5.43 Å². The Balaban J connectivity index is 1.66. The van der Waals surface area contributed by atoms with Crippen LogP contribution in [0.2, 0.25) is 15.1 Å². The molecule has 0 bridgehead atoms. The molecule has 0 aliphatic rings. The first-order chi connectivity index (χ1) is 14.3. The summed E-state index contributed by atoms with van der Waals surface area (Å²) >= 11 is 18.6. The minimum Gasteiger partial charge on any atom is -0.486 e. The van der Waals surface area contributed by atoms with Gasteiger partial charge in [0.05, 0.1) is 26.8 Å². The van der Waals surface area contributed by atoms with Crippen molar-refractivity contribution in [3.63, 3.8) is 0 Å². The van der Waals surface area contributed by atoms with Crippen molar-refractivity contribution in [2.75, 3.05) is 0 Å². The van der Waals surface area contributed by atoms with E-state index in [1.54, 1.807) is 42.5 Å². The lowest BCUT2D eigenvalue weighted by molar-refractivity contribution is 0.0955. The van der Waals surface area contributed by atoms with Crippen molar-refractivity contribution < 1.29 is 13.9 Å². The van der Waals surface area contributed by atoms with Gasteiger partial charge in [-0.1, -0.05) is 53.0 Å². The van der Waals surface area contributed by atoms with Crippen LogP contribution in [0.4, 0.5) is 4.39 Å². The normalized spacial score (nSPS) is 11.0. The molecular formula is C22H16Cl3FN2O2. The number of nitrogens with one attached hydrogen (secondary N) is 1. The van der Waals surface area contributed by atoms with Gasteiger partial charge >= 0.3 is 0 Å². The molecular weight excluding hydrogens is 450 g/mol. The Kier molecular flexibility index (Phi) is 7.32. The van der Waals surface area contributed by atoms with Crippen molar-refractivity contribution in [2.24, 2.45) is 5.10 Å². The number of carbonyl (C=O) groups excluding carboxylic acids is 1. The van der Waals surface area contributed by atoms with Gasteiger partial charge in [0.2, 0.25) is 0 Å². The Morgan fingerprint density at radius 1 is 1.07 bits per heavy atom. The van der Waals surface area contributed by atoms with Crippen molar-refractivity contribution in [1.29, 1.82) is 0 Å². The number of hydrogen-bond acceptors (Lipinski definition) is 3. The molecule has 1 N–H and O–H groups in total. The molecule has 0 aliphatic carbocycles. The van der Waals surface area contributed by atoms with Gasteiger partial charge in [-0.05, 0) is 60.0 Å². The molecule has 3 aromatic rings. The van der Waals surface area contributed by atoms with E-state index in [-0.39, 0.29) is 28.2 Å². The summed E-state index contributed by atoms with van der Waals surface area (Å²) in [5, 5.41) is 4.77. The van der Waals surface area contributed by atoms with Crippen LogP contribution in [0, 0.1) is 12.7 Å². The van der Waals surface area contributed by atoms with E-state index in [9.17, 15) is 9.18 Å². The van der Waals surface area contributed by atoms with E-state index in [4.69, 9.17) is 39.5 Å². The highest BCUT2D eigenvalue weighted by Crippen LogP contribution is 2.34. The minimum absolute atomic E-state index is 0.109. The van der Waals surface area contributed by atoms with Crippen molar-refractivity contribution in [2.45, 2.75) is 13.5 Å². The lowest BCUT2D eigenvalue weighted by atomic mass is 10.1. The van der Waals surface area contributed by atoms with Crippen molar-refractivity contribution in [3.05, 3.63) is 97.7 Å². The van der Waals surface area contributed by atoms with Gasteiger partial charge in [-0.2, -0.15) is 5.10 Å². The van der Waals surface area contributed by atoms with Crippen LogP contribution in [-0.4, -0.2) is 12.1 Å². The zero-order chi connectivity index (χ0) is 21.7. The van der Waals surface area contributed by atoms with Crippen LogP contribution in [0.3, 0.4) is 0 Å². The lowest BCUT2D eigenvalue weighted by Crippen LogP contribution is -2.18. The largest absolute Gasteiger partial charge is 0.486 e. The highest BCUT2D eigenvalue weighted by Gasteiger charge is 2.11.